The van der Waals surface area contributed by atoms with E-state index >= 15 is 0 Å². The molecule has 0 saturated carbocycles. The molecular formula is C40H47N5O4. The third-order valence-electron chi connectivity index (χ3n) is 9.72. The van der Waals surface area contributed by atoms with E-state index in [2.05, 4.69) is 23.3 Å². The Morgan fingerprint density at radius 3 is 1.84 bits per heavy atom. The van der Waals surface area contributed by atoms with Crippen LogP contribution in [0.5, 0.6) is 0 Å². The number of imide groups is 2. The first-order valence-electron chi connectivity index (χ1n) is 17.2. The lowest BCUT2D eigenvalue weighted by Crippen LogP contribution is -2.49. The summed E-state index contributed by atoms with van der Waals surface area (Å²) < 4.78 is 0. The van der Waals surface area contributed by atoms with Crippen LogP contribution in [0.2, 0.25) is 0 Å². The predicted octanol–water partition coefficient (Wildman–Crippen LogP) is 6.52. The van der Waals surface area contributed by atoms with Crippen LogP contribution in [0.1, 0.15) is 75.0 Å². The van der Waals surface area contributed by atoms with Gasteiger partial charge in [0.2, 0.25) is 0 Å². The quantitative estimate of drug-likeness (QED) is 0.151. The molecule has 4 aromatic carbocycles. The lowest BCUT2D eigenvalue weighted by atomic mass is 9.93. The van der Waals surface area contributed by atoms with Gasteiger partial charge in [0.25, 0.3) is 23.6 Å². The first-order chi connectivity index (χ1) is 23.7. The SMILES string of the molecule is C=CN(C)c1ccc2c3c(cccc13)C(=O)N(CCN(C)CCCN(C)C(CC)CN1C(=O)c3cccc4cccc(c34)C1=O)C2=O.CC. The number of anilines is 1. The van der Waals surface area contributed by atoms with Crippen LogP contribution in [0.4, 0.5) is 5.69 Å². The number of rotatable bonds is 13. The van der Waals surface area contributed by atoms with E-state index in [-0.39, 0.29) is 29.7 Å². The molecule has 256 valence electrons. The minimum Gasteiger partial charge on any atom is -0.351 e. The average molecular weight is 662 g/mol. The van der Waals surface area contributed by atoms with E-state index in [0.717, 1.165) is 47.8 Å². The molecule has 0 bridgehead atoms. The number of hydrogen-bond acceptors (Lipinski definition) is 7. The summed E-state index contributed by atoms with van der Waals surface area (Å²) in [5, 5.41) is 3.19. The fraction of sp³-hybridized carbons (Fsp3) is 0.350. The minimum atomic E-state index is -0.272. The molecule has 0 fully saturated rings. The van der Waals surface area contributed by atoms with Gasteiger partial charge in [-0.15, -0.1) is 0 Å². The molecule has 2 aliphatic heterocycles. The van der Waals surface area contributed by atoms with Crippen LogP contribution in [-0.4, -0.2) is 103 Å². The lowest BCUT2D eigenvalue weighted by Gasteiger charge is -2.34. The molecule has 2 heterocycles. The number of carbonyl (C=O) groups is 4. The zero-order valence-electron chi connectivity index (χ0n) is 29.5. The Hall–Kier alpha value is -4.86. The van der Waals surface area contributed by atoms with E-state index in [1.807, 2.05) is 82.4 Å². The van der Waals surface area contributed by atoms with Gasteiger partial charge < -0.3 is 14.7 Å². The summed E-state index contributed by atoms with van der Waals surface area (Å²) in [4.78, 5) is 62.9. The van der Waals surface area contributed by atoms with Gasteiger partial charge in [0.15, 0.2) is 0 Å². The largest absolute Gasteiger partial charge is 0.351 e. The number of hydrogen-bond donors (Lipinski definition) is 0. The lowest BCUT2D eigenvalue weighted by molar-refractivity contribution is 0.0553. The Morgan fingerprint density at radius 2 is 1.24 bits per heavy atom. The number of benzene rings is 4. The maximum Gasteiger partial charge on any atom is 0.261 e. The number of amides is 4. The van der Waals surface area contributed by atoms with Gasteiger partial charge in [-0.1, -0.05) is 63.7 Å². The molecule has 4 aromatic rings. The van der Waals surface area contributed by atoms with Crippen LogP contribution in [0.15, 0.2) is 79.5 Å². The highest BCUT2D eigenvalue weighted by molar-refractivity contribution is 6.27. The van der Waals surface area contributed by atoms with E-state index in [1.165, 1.54) is 9.80 Å². The first kappa shape index (κ1) is 35.4. The monoisotopic (exact) mass is 661 g/mol. The van der Waals surface area contributed by atoms with Gasteiger partial charge in [0.05, 0.1) is 0 Å². The van der Waals surface area contributed by atoms with E-state index in [4.69, 9.17) is 0 Å². The maximum atomic E-state index is 13.5. The van der Waals surface area contributed by atoms with E-state index in [0.29, 0.717) is 47.3 Å². The van der Waals surface area contributed by atoms with Crippen LogP contribution < -0.4 is 4.90 Å². The summed E-state index contributed by atoms with van der Waals surface area (Å²) in [6.07, 6.45) is 3.33. The second-order valence-corrected chi connectivity index (χ2v) is 12.5. The van der Waals surface area contributed by atoms with Crippen molar-refractivity contribution in [2.24, 2.45) is 0 Å². The molecule has 6 rings (SSSR count). The average Bonchev–Trinajstić information content (AvgIpc) is 3.13. The molecule has 1 unspecified atom stereocenters. The van der Waals surface area contributed by atoms with Gasteiger partial charge >= 0.3 is 0 Å². The summed E-state index contributed by atoms with van der Waals surface area (Å²) in [5.41, 5.74) is 3.12. The van der Waals surface area contributed by atoms with Crippen molar-refractivity contribution >= 4 is 50.9 Å². The number of nitrogens with zero attached hydrogens (tertiary/aromatic N) is 5. The summed E-state index contributed by atoms with van der Waals surface area (Å²) in [7, 11) is 5.91. The second-order valence-electron chi connectivity index (χ2n) is 12.5. The first-order valence-corrected chi connectivity index (χ1v) is 17.2. The van der Waals surface area contributed by atoms with Crippen LogP contribution >= 0.6 is 0 Å². The summed E-state index contributed by atoms with van der Waals surface area (Å²) in [6.45, 7) is 12.6. The number of likely N-dealkylation sites (N-methyl/N-ethyl adjacent to an activating group) is 2. The normalized spacial score (nSPS) is 14.5. The van der Waals surface area contributed by atoms with Crippen molar-refractivity contribution in [3.05, 3.63) is 102 Å². The molecule has 9 heteroatoms. The van der Waals surface area contributed by atoms with Gasteiger partial charge in [0.1, 0.15) is 0 Å². The molecular weight excluding hydrogens is 614 g/mol. The minimum absolute atomic E-state index is 0.0100. The van der Waals surface area contributed by atoms with E-state index in [9.17, 15) is 19.2 Å². The fourth-order valence-electron chi connectivity index (χ4n) is 6.93. The Balaban J connectivity index is 0.00000230. The van der Waals surface area contributed by atoms with Crippen molar-refractivity contribution in [3.63, 3.8) is 0 Å². The molecule has 0 saturated heterocycles. The van der Waals surface area contributed by atoms with Gasteiger partial charge in [-0.05, 0) is 81.9 Å². The van der Waals surface area contributed by atoms with Crippen molar-refractivity contribution in [3.8, 4) is 0 Å². The highest BCUT2D eigenvalue weighted by Gasteiger charge is 2.35. The Labute approximate surface area is 289 Å². The Morgan fingerprint density at radius 1 is 0.694 bits per heavy atom. The van der Waals surface area contributed by atoms with Crippen LogP contribution in [0, 0.1) is 0 Å². The molecule has 0 spiro atoms. The Bertz CT molecular complexity index is 1850. The van der Waals surface area contributed by atoms with E-state index in [1.54, 1.807) is 30.5 Å². The van der Waals surface area contributed by atoms with Gasteiger partial charge in [-0.25, -0.2) is 0 Å². The summed E-state index contributed by atoms with van der Waals surface area (Å²) in [5.74, 6) is -1.02. The molecule has 0 N–H and O–H groups in total. The van der Waals surface area contributed by atoms with Crippen molar-refractivity contribution in [1.29, 1.82) is 0 Å². The van der Waals surface area contributed by atoms with E-state index < -0.39 is 0 Å². The Kier molecular flexibility index (Phi) is 11.0. The molecule has 0 aromatic heterocycles. The summed E-state index contributed by atoms with van der Waals surface area (Å²) in [6, 6.07) is 20.5. The van der Waals surface area contributed by atoms with Crippen molar-refractivity contribution in [1.82, 2.24) is 19.6 Å². The maximum absolute atomic E-state index is 13.5. The van der Waals surface area contributed by atoms with Gasteiger partial charge in [0, 0.05) is 76.8 Å². The third kappa shape index (κ3) is 6.60. The molecule has 49 heavy (non-hydrogen) atoms. The van der Waals surface area contributed by atoms with Crippen molar-refractivity contribution in [2.45, 2.75) is 39.7 Å². The predicted molar refractivity (Wildman–Crippen MR) is 197 cm³/mol. The van der Waals surface area contributed by atoms with Gasteiger partial charge in [-0.2, -0.15) is 0 Å². The zero-order chi connectivity index (χ0) is 35.4. The summed E-state index contributed by atoms with van der Waals surface area (Å²) >= 11 is 0. The van der Waals surface area contributed by atoms with Gasteiger partial charge in [-0.3, -0.25) is 29.0 Å². The molecule has 1 atom stereocenters. The third-order valence-corrected chi connectivity index (χ3v) is 9.72. The smallest absolute Gasteiger partial charge is 0.261 e. The van der Waals surface area contributed by atoms with Crippen molar-refractivity contribution in [2.75, 3.05) is 58.8 Å². The fourth-order valence-corrected chi connectivity index (χ4v) is 6.93. The highest BCUT2D eigenvalue weighted by atomic mass is 16.2. The zero-order valence-corrected chi connectivity index (χ0v) is 29.5. The molecule has 0 aliphatic carbocycles. The number of carbonyl (C=O) groups excluding carboxylic acids is 4. The van der Waals surface area contributed by atoms with Crippen LogP contribution in [0.25, 0.3) is 21.5 Å². The second kappa shape index (κ2) is 15.1. The standard InChI is InChI=1S/C38H41N5O4.C2H6/c1-6-26(24-43-37(46)28-15-8-12-25-13-9-16-29(33(25)28)38(43)47)41(5)21-11-20-39(3)22-23-42-35(44)30-17-10-14-27-32(40(4)7-2)19-18-31(34(27)30)36(42)45;1-2/h7-10,12-19,26H,2,6,11,20-24H2,1,3-5H3;1-2H3. The molecule has 0 radical (unpaired) electrons. The molecule has 2 aliphatic rings. The van der Waals surface area contributed by atoms with Crippen LogP contribution in [-0.2, 0) is 0 Å². The molecule has 9 nitrogen and oxygen atoms in total. The highest BCUT2D eigenvalue weighted by Crippen LogP contribution is 2.36. The topological polar surface area (TPSA) is 84.5 Å². The van der Waals surface area contributed by atoms with Crippen molar-refractivity contribution < 1.29 is 19.2 Å². The molecule has 4 amide bonds. The van der Waals surface area contributed by atoms with Crippen LogP contribution in [0.3, 0.4) is 0 Å².